The first kappa shape index (κ1) is 5.44. The highest BCUT2D eigenvalue weighted by molar-refractivity contribution is 7.11. The van der Waals surface area contributed by atoms with Crippen LogP contribution in [0.15, 0.2) is 11.6 Å². The van der Waals surface area contributed by atoms with Crippen LogP contribution in [-0.4, -0.2) is 10.7 Å². The molecule has 0 spiro atoms. The summed E-state index contributed by atoms with van der Waals surface area (Å²) in [7, 11) is 0. The number of thiazole rings is 1. The van der Waals surface area contributed by atoms with Gasteiger partial charge in [-0.15, -0.1) is 11.3 Å². The summed E-state index contributed by atoms with van der Waals surface area (Å²) >= 11 is 1.50. The Morgan fingerprint density at radius 1 is 1.88 bits per heavy atom. The third-order valence-electron chi connectivity index (χ3n) is 0.753. The van der Waals surface area contributed by atoms with Crippen LogP contribution in [0.1, 0.15) is 11.9 Å². The number of nitrogens with one attached hydrogen (secondary N) is 1. The molecule has 0 saturated heterocycles. The van der Waals surface area contributed by atoms with Crippen molar-refractivity contribution in [2.24, 2.45) is 0 Å². The first-order valence-electron chi connectivity index (χ1n) is 2.25. The van der Waals surface area contributed by atoms with Gasteiger partial charge in [0.15, 0.2) is 0 Å². The highest BCUT2D eigenvalue weighted by Gasteiger charge is 1.93. The summed E-state index contributed by atoms with van der Waals surface area (Å²) in [6, 6.07) is 0. The van der Waals surface area contributed by atoms with E-state index in [4.69, 9.17) is 5.41 Å². The van der Waals surface area contributed by atoms with Gasteiger partial charge in [-0.3, -0.25) is 0 Å². The lowest BCUT2D eigenvalue weighted by Gasteiger charge is -1.82. The number of hydrogen-bond acceptors (Lipinski definition) is 3. The molecule has 1 aromatic heterocycles. The minimum absolute atomic E-state index is 0.542. The first-order valence-corrected chi connectivity index (χ1v) is 3.13. The van der Waals surface area contributed by atoms with E-state index in [0.29, 0.717) is 5.71 Å². The third kappa shape index (κ3) is 0.924. The van der Waals surface area contributed by atoms with Crippen LogP contribution in [0.25, 0.3) is 0 Å². The summed E-state index contributed by atoms with van der Waals surface area (Å²) in [5.74, 6) is 0. The molecule has 0 saturated carbocycles. The average Bonchev–Trinajstić information content (AvgIpc) is 2.12. The monoisotopic (exact) mass is 126 g/mol. The number of hydrogen-bond donors (Lipinski definition) is 1. The molecule has 8 heavy (non-hydrogen) atoms. The van der Waals surface area contributed by atoms with E-state index < -0.39 is 0 Å². The van der Waals surface area contributed by atoms with Gasteiger partial charge in [0.2, 0.25) is 0 Å². The molecule has 0 atom stereocenters. The molecule has 0 amide bonds. The van der Waals surface area contributed by atoms with Gasteiger partial charge in [-0.05, 0) is 6.92 Å². The zero-order valence-electron chi connectivity index (χ0n) is 4.51. The van der Waals surface area contributed by atoms with Crippen molar-refractivity contribution < 1.29 is 0 Å². The van der Waals surface area contributed by atoms with Crippen LogP contribution in [0, 0.1) is 5.41 Å². The van der Waals surface area contributed by atoms with E-state index in [-0.39, 0.29) is 0 Å². The van der Waals surface area contributed by atoms with Gasteiger partial charge >= 0.3 is 0 Å². The predicted octanol–water partition coefficient (Wildman–Crippen LogP) is 1.53. The van der Waals surface area contributed by atoms with Gasteiger partial charge in [0.05, 0.1) is 5.71 Å². The summed E-state index contributed by atoms with van der Waals surface area (Å²) in [4.78, 5) is 3.91. The Morgan fingerprint density at radius 2 is 2.62 bits per heavy atom. The Hall–Kier alpha value is -0.700. The molecule has 1 aromatic rings. The fourth-order valence-corrected chi connectivity index (χ4v) is 0.958. The Bertz CT molecular complexity index is 178. The molecule has 0 fully saturated rings. The van der Waals surface area contributed by atoms with Crippen LogP contribution in [0.5, 0.6) is 0 Å². The molecule has 42 valence electrons. The lowest BCUT2D eigenvalue weighted by atomic mass is 10.5. The van der Waals surface area contributed by atoms with E-state index in [1.807, 2.05) is 5.38 Å². The Labute approximate surface area is 51.7 Å². The number of rotatable bonds is 1. The molecule has 0 aliphatic rings. The molecule has 2 nitrogen and oxygen atoms in total. The van der Waals surface area contributed by atoms with Crippen molar-refractivity contribution in [1.82, 2.24) is 4.98 Å². The summed E-state index contributed by atoms with van der Waals surface area (Å²) in [6.45, 7) is 1.73. The minimum Gasteiger partial charge on any atom is -0.302 e. The Morgan fingerprint density at radius 3 is 2.88 bits per heavy atom. The zero-order chi connectivity index (χ0) is 5.98. The van der Waals surface area contributed by atoms with Crippen molar-refractivity contribution in [3.05, 3.63) is 16.6 Å². The van der Waals surface area contributed by atoms with Crippen molar-refractivity contribution in [2.75, 3.05) is 0 Å². The highest BCUT2D eigenvalue weighted by Crippen LogP contribution is 2.02. The summed E-state index contributed by atoms with van der Waals surface area (Å²) in [5.41, 5.74) is 0.542. The normalized spacial score (nSPS) is 9.12. The van der Waals surface area contributed by atoms with Gasteiger partial charge in [0.1, 0.15) is 5.01 Å². The van der Waals surface area contributed by atoms with E-state index in [1.165, 1.54) is 11.3 Å². The van der Waals surface area contributed by atoms with Crippen molar-refractivity contribution in [3.63, 3.8) is 0 Å². The van der Waals surface area contributed by atoms with Crippen LogP contribution in [0.4, 0.5) is 0 Å². The van der Waals surface area contributed by atoms with Gasteiger partial charge in [0.25, 0.3) is 0 Å². The largest absolute Gasteiger partial charge is 0.302 e. The highest BCUT2D eigenvalue weighted by atomic mass is 32.1. The Balaban J connectivity index is 2.93. The maximum Gasteiger partial charge on any atom is 0.136 e. The van der Waals surface area contributed by atoms with E-state index >= 15 is 0 Å². The molecule has 0 aliphatic carbocycles. The fourth-order valence-electron chi connectivity index (χ4n) is 0.409. The van der Waals surface area contributed by atoms with Crippen LogP contribution >= 0.6 is 11.3 Å². The second-order valence-electron chi connectivity index (χ2n) is 1.46. The molecule has 3 heteroatoms. The second kappa shape index (κ2) is 2.05. The topological polar surface area (TPSA) is 36.7 Å². The predicted molar refractivity (Wildman–Crippen MR) is 34.6 cm³/mol. The zero-order valence-corrected chi connectivity index (χ0v) is 5.33. The number of nitrogens with zero attached hydrogens (tertiary/aromatic N) is 1. The molecule has 1 N–H and O–H groups in total. The fraction of sp³-hybridized carbons (Fsp3) is 0.200. The van der Waals surface area contributed by atoms with E-state index in [9.17, 15) is 0 Å². The third-order valence-corrected chi connectivity index (χ3v) is 1.65. The maximum absolute atomic E-state index is 7.10. The summed E-state index contributed by atoms with van der Waals surface area (Å²) < 4.78 is 0. The molecule has 0 unspecified atom stereocenters. The standard InChI is InChI=1S/C5H6N2S/c1-4(6)5-7-2-3-8-5/h2-3,6H,1H3. The van der Waals surface area contributed by atoms with Crippen molar-refractivity contribution in [2.45, 2.75) is 6.92 Å². The summed E-state index contributed by atoms with van der Waals surface area (Å²) in [6.07, 6.45) is 1.71. The molecule has 0 aliphatic heterocycles. The lowest BCUT2D eigenvalue weighted by molar-refractivity contribution is 1.35. The van der Waals surface area contributed by atoms with Crippen LogP contribution in [0.3, 0.4) is 0 Å². The average molecular weight is 126 g/mol. The SMILES string of the molecule is CC(=N)c1nccs1. The van der Waals surface area contributed by atoms with Crippen molar-refractivity contribution >= 4 is 17.0 Å². The summed E-state index contributed by atoms with van der Waals surface area (Å²) in [5, 5.41) is 9.78. The van der Waals surface area contributed by atoms with Crippen LogP contribution < -0.4 is 0 Å². The Kier molecular flexibility index (Phi) is 1.39. The molecular formula is C5H6N2S. The first-order chi connectivity index (χ1) is 3.80. The molecule has 0 bridgehead atoms. The molecule has 1 rings (SSSR count). The molecule has 1 heterocycles. The minimum atomic E-state index is 0.542. The van der Waals surface area contributed by atoms with Gasteiger partial charge in [-0.2, -0.15) is 0 Å². The van der Waals surface area contributed by atoms with Crippen LogP contribution in [0.2, 0.25) is 0 Å². The molecular weight excluding hydrogens is 120 g/mol. The van der Waals surface area contributed by atoms with Crippen molar-refractivity contribution in [3.8, 4) is 0 Å². The van der Waals surface area contributed by atoms with Gasteiger partial charge in [0, 0.05) is 11.6 Å². The van der Waals surface area contributed by atoms with Gasteiger partial charge < -0.3 is 5.41 Å². The maximum atomic E-state index is 7.10. The van der Waals surface area contributed by atoms with E-state index in [0.717, 1.165) is 5.01 Å². The van der Waals surface area contributed by atoms with Gasteiger partial charge in [-0.25, -0.2) is 4.98 Å². The van der Waals surface area contributed by atoms with Crippen molar-refractivity contribution in [1.29, 1.82) is 5.41 Å². The smallest absolute Gasteiger partial charge is 0.136 e. The van der Waals surface area contributed by atoms with Gasteiger partial charge in [-0.1, -0.05) is 0 Å². The quantitative estimate of drug-likeness (QED) is 0.569. The van der Waals surface area contributed by atoms with E-state index in [2.05, 4.69) is 4.98 Å². The lowest BCUT2D eigenvalue weighted by Crippen LogP contribution is -1.87. The molecule has 0 radical (unpaired) electrons. The second-order valence-corrected chi connectivity index (χ2v) is 2.36. The van der Waals surface area contributed by atoms with E-state index in [1.54, 1.807) is 13.1 Å². The van der Waals surface area contributed by atoms with Crippen LogP contribution in [-0.2, 0) is 0 Å². The molecule has 0 aromatic carbocycles. The number of aromatic nitrogens is 1.